The van der Waals surface area contributed by atoms with Crippen molar-refractivity contribution in [3.8, 4) is 0 Å². The van der Waals surface area contributed by atoms with Gasteiger partial charge in [-0.3, -0.25) is 4.79 Å². The minimum Gasteiger partial charge on any atom is -0.348 e. The molecule has 0 atom stereocenters. The Kier molecular flexibility index (Phi) is 5.77. The molecule has 0 heterocycles. The van der Waals surface area contributed by atoms with Gasteiger partial charge in [0.15, 0.2) is 0 Å². The van der Waals surface area contributed by atoms with Gasteiger partial charge in [-0.1, -0.05) is 12.8 Å². The number of rotatable bonds is 4. The smallest absolute Gasteiger partial charge is 0.348 e. The zero-order valence-electron chi connectivity index (χ0n) is 14.5. The normalized spacial score (nSPS) is 16.2. The van der Waals surface area contributed by atoms with E-state index in [1.54, 1.807) is 14.1 Å². The highest BCUT2D eigenvalue weighted by Crippen LogP contribution is 2.39. The van der Waals surface area contributed by atoms with Crippen LogP contribution in [0.2, 0.25) is 0 Å². The number of alkyl halides is 3. The Morgan fingerprint density at radius 1 is 1.19 bits per heavy atom. The maximum absolute atomic E-state index is 13.3. The van der Waals surface area contributed by atoms with E-state index in [2.05, 4.69) is 10.6 Å². The van der Waals surface area contributed by atoms with Gasteiger partial charge in [-0.25, -0.2) is 9.18 Å². The predicted octanol–water partition coefficient (Wildman–Crippen LogP) is 3.61. The molecule has 1 fully saturated rings. The third-order valence-corrected chi connectivity index (χ3v) is 4.54. The zero-order valence-corrected chi connectivity index (χ0v) is 14.5. The molecule has 0 aliphatic heterocycles. The summed E-state index contributed by atoms with van der Waals surface area (Å²) in [7, 11) is 3.28. The fourth-order valence-electron chi connectivity index (χ4n) is 3.24. The molecule has 1 aliphatic rings. The molecule has 2 rings (SSSR count). The summed E-state index contributed by atoms with van der Waals surface area (Å²) in [6.45, 7) is 0.0865. The second-order valence-corrected chi connectivity index (χ2v) is 6.69. The van der Waals surface area contributed by atoms with E-state index in [9.17, 15) is 27.2 Å². The van der Waals surface area contributed by atoms with Crippen molar-refractivity contribution in [1.29, 1.82) is 0 Å². The van der Waals surface area contributed by atoms with Crippen molar-refractivity contribution < 1.29 is 27.2 Å². The Morgan fingerprint density at radius 3 is 2.35 bits per heavy atom. The summed E-state index contributed by atoms with van der Waals surface area (Å²) in [5, 5.41) is 4.80. The molecule has 1 aliphatic carbocycles. The van der Waals surface area contributed by atoms with E-state index in [0.29, 0.717) is 25.0 Å². The first kappa shape index (κ1) is 20.0. The molecule has 26 heavy (non-hydrogen) atoms. The number of nitrogens with one attached hydrogen (secondary N) is 2. The van der Waals surface area contributed by atoms with Gasteiger partial charge in [0, 0.05) is 26.3 Å². The Bertz CT molecular complexity index is 683. The van der Waals surface area contributed by atoms with Crippen molar-refractivity contribution in [1.82, 2.24) is 10.2 Å². The quantitative estimate of drug-likeness (QED) is 0.790. The standard InChI is InChI=1S/C17H21F4N3O2/c1-24(2)14(25)16(7-3-4-8-16)10-22-15(26)23-11-5-6-13(18)12(9-11)17(19,20)21/h5-6,9H,3-4,7-8,10H2,1-2H3,(H2,22,23,26). The number of urea groups is 1. The Hall–Kier alpha value is -2.32. The fourth-order valence-corrected chi connectivity index (χ4v) is 3.24. The van der Waals surface area contributed by atoms with Crippen molar-refractivity contribution in [3.63, 3.8) is 0 Å². The number of nitrogens with zero attached hydrogens (tertiary/aromatic N) is 1. The van der Waals surface area contributed by atoms with Gasteiger partial charge in [0.25, 0.3) is 0 Å². The molecule has 0 radical (unpaired) electrons. The molecule has 1 aromatic rings. The molecule has 0 aromatic heterocycles. The van der Waals surface area contributed by atoms with Crippen LogP contribution < -0.4 is 10.6 Å². The van der Waals surface area contributed by atoms with Crippen LogP contribution in [0.1, 0.15) is 31.2 Å². The average molecular weight is 375 g/mol. The lowest BCUT2D eigenvalue weighted by Gasteiger charge is -2.30. The molecule has 0 bridgehead atoms. The molecule has 0 saturated heterocycles. The highest BCUT2D eigenvalue weighted by Gasteiger charge is 2.42. The van der Waals surface area contributed by atoms with Gasteiger partial charge in [0.05, 0.1) is 11.0 Å². The van der Waals surface area contributed by atoms with Crippen LogP contribution in [-0.2, 0) is 11.0 Å². The first-order valence-electron chi connectivity index (χ1n) is 8.18. The largest absolute Gasteiger partial charge is 0.419 e. The van der Waals surface area contributed by atoms with Crippen LogP contribution in [0.4, 0.5) is 28.0 Å². The van der Waals surface area contributed by atoms with Gasteiger partial charge in [-0.15, -0.1) is 0 Å². The summed E-state index contributed by atoms with van der Waals surface area (Å²) in [5.41, 5.74) is -2.33. The van der Waals surface area contributed by atoms with Gasteiger partial charge in [0.1, 0.15) is 5.82 Å². The monoisotopic (exact) mass is 375 g/mol. The van der Waals surface area contributed by atoms with E-state index < -0.39 is 29.0 Å². The Balaban J connectivity index is 2.04. The third-order valence-electron chi connectivity index (χ3n) is 4.54. The lowest BCUT2D eigenvalue weighted by Crippen LogP contribution is -2.47. The maximum Gasteiger partial charge on any atom is 0.419 e. The molecule has 0 spiro atoms. The number of benzene rings is 1. The van der Waals surface area contributed by atoms with Crippen LogP contribution in [0.5, 0.6) is 0 Å². The van der Waals surface area contributed by atoms with Crippen LogP contribution in [-0.4, -0.2) is 37.5 Å². The number of carbonyl (C=O) groups excluding carboxylic acids is 2. The number of halogens is 4. The third kappa shape index (κ3) is 4.44. The van der Waals surface area contributed by atoms with Gasteiger partial charge in [-0.05, 0) is 31.0 Å². The molecule has 5 nitrogen and oxygen atoms in total. The predicted molar refractivity (Wildman–Crippen MR) is 88.0 cm³/mol. The van der Waals surface area contributed by atoms with Crippen LogP contribution in [0.15, 0.2) is 18.2 Å². The second-order valence-electron chi connectivity index (χ2n) is 6.69. The second kappa shape index (κ2) is 7.51. The number of hydrogen-bond donors (Lipinski definition) is 2. The topological polar surface area (TPSA) is 61.4 Å². The highest BCUT2D eigenvalue weighted by atomic mass is 19.4. The van der Waals surface area contributed by atoms with Gasteiger partial charge < -0.3 is 15.5 Å². The number of amides is 3. The molecule has 144 valence electrons. The van der Waals surface area contributed by atoms with Crippen molar-refractivity contribution >= 4 is 17.6 Å². The summed E-state index contributed by atoms with van der Waals surface area (Å²) < 4.78 is 51.4. The minimum atomic E-state index is -4.86. The van der Waals surface area contributed by atoms with Gasteiger partial charge in [0.2, 0.25) is 5.91 Å². The maximum atomic E-state index is 13.3. The lowest BCUT2D eigenvalue weighted by atomic mass is 9.84. The average Bonchev–Trinajstić information content (AvgIpc) is 3.03. The van der Waals surface area contributed by atoms with Gasteiger partial charge >= 0.3 is 12.2 Å². The first-order chi connectivity index (χ1) is 12.0. The molecule has 0 unspecified atom stereocenters. The lowest BCUT2D eigenvalue weighted by molar-refractivity contribution is -0.140. The minimum absolute atomic E-state index is 0.0865. The van der Waals surface area contributed by atoms with E-state index in [4.69, 9.17) is 0 Å². The van der Waals surface area contributed by atoms with Crippen LogP contribution >= 0.6 is 0 Å². The van der Waals surface area contributed by atoms with Crippen LogP contribution in [0, 0.1) is 11.2 Å². The SMILES string of the molecule is CN(C)C(=O)C1(CNC(=O)Nc2ccc(F)c(C(F)(F)F)c2)CCCC1. The van der Waals surface area contributed by atoms with Crippen LogP contribution in [0.25, 0.3) is 0 Å². The number of hydrogen-bond acceptors (Lipinski definition) is 2. The Labute approximate surface area is 148 Å². The molecule has 3 amide bonds. The fraction of sp³-hybridized carbons (Fsp3) is 0.529. The summed E-state index contributed by atoms with van der Waals surface area (Å²) in [4.78, 5) is 25.9. The van der Waals surface area contributed by atoms with Crippen molar-refractivity contribution in [2.45, 2.75) is 31.9 Å². The van der Waals surface area contributed by atoms with Crippen molar-refractivity contribution in [2.75, 3.05) is 26.0 Å². The summed E-state index contributed by atoms with van der Waals surface area (Å²) in [6.07, 6.45) is -1.84. The van der Waals surface area contributed by atoms with Crippen LogP contribution in [0.3, 0.4) is 0 Å². The summed E-state index contributed by atoms with van der Waals surface area (Å²) in [5.74, 6) is -1.50. The molecule has 2 N–H and O–H groups in total. The van der Waals surface area contributed by atoms with Gasteiger partial charge in [-0.2, -0.15) is 13.2 Å². The van der Waals surface area contributed by atoms with E-state index >= 15 is 0 Å². The highest BCUT2D eigenvalue weighted by molar-refractivity contribution is 5.90. The molecular formula is C17H21F4N3O2. The summed E-state index contributed by atoms with van der Waals surface area (Å²) >= 11 is 0. The van der Waals surface area contributed by atoms with E-state index in [1.807, 2.05) is 0 Å². The van der Waals surface area contributed by atoms with E-state index in [1.165, 1.54) is 4.90 Å². The zero-order chi connectivity index (χ0) is 19.5. The van der Waals surface area contributed by atoms with Crippen molar-refractivity contribution in [3.05, 3.63) is 29.6 Å². The molecule has 1 saturated carbocycles. The Morgan fingerprint density at radius 2 is 1.81 bits per heavy atom. The number of carbonyl (C=O) groups is 2. The first-order valence-corrected chi connectivity index (χ1v) is 8.18. The molecule has 1 aromatic carbocycles. The molecule has 9 heteroatoms. The van der Waals surface area contributed by atoms with Crippen molar-refractivity contribution in [2.24, 2.45) is 5.41 Å². The summed E-state index contributed by atoms with van der Waals surface area (Å²) in [6, 6.07) is 1.47. The van der Waals surface area contributed by atoms with E-state index in [0.717, 1.165) is 18.9 Å². The number of anilines is 1. The molecular weight excluding hydrogens is 354 g/mol. The van der Waals surface area contributed by atoms with E-state index in [-0.39, 0.29) is 18.1 Å².